The van der Waals surface area contributed by atoms with Crippen molar-refractivity contribution in [2.24, 2.45) is 5.73 Å². The van der Waals surface area contributed by atoms with Crippen LogP contribution in [0.1, 0.15) is 11.3 Å². The number of carboxylic acids is 1. The van der Waals surface area contributed by atoms with Crippen LogP contribution < -0.4 is 10.5 Å². The Kier molecular flexibility index (Phi) is 5.06. The van der Waals surface area contributed by atoms with Gasteiger partial charge in [0.1, 0.15) is 4.21 Å². The fourth-order valence-electron chi connectivity index (χ4n) is 1.13. The molecule has 96 valence electrons. The molecule has 8 heteroatoms. The number of nitrogens with one attached hydrogen (secondary N) is 1. The largest absolute Gasteiger partial charge is 0.481 e. The monoisotopic (exact) mass is 278 g/mol. The van der Waals surface area contributed by atoms with E-state index in [9.17, 15) is 13.2 Å². The van der Waals surface area contributed by atoms with Crippen LogP contribution in [-0.2, 0) is 21.2 Å². The lowest BCUT2D eigenvalue weighted by Gasteiger charge is -2.02. The summed E-state index contributed by atoms with van der Waals surface area (Å²) in [6, 6.07) is 2.92. The van der Waals surface area contributed by atoms with Crippen LogP contribution in [-0.4, -0.2) is 32.6 Å². The highest BCUT2D eigenvalue weighted by molar-refractivity contribution is 7.91. The molecule has 1 rings (SSSR count). The third kappa shape index (κ3) is 4.43. The van der Waals surface area contributed by atoms with E-state index >= 15 is 0 Å². The van der Waals surface area contributed by atoms with Gasteiger partial charge in [-0.1, -0.05) is 0 Å². The number of hydrogen-bond acceptors (Lipinski definition) is 5. The molecular formula is C9H14N2O4S2. The molecule has 6 nitrogen and oxygen atoms in total. The van der Waals surface area contributed by atoms with Gasteiger partial charge < -0.3 is 10.8 Å². The van der Waals surface area contributed by atoms with E-state index in [1.165, 1.54) is 12.1 Å². The first-order valence-electron chi connectivity index (χ1n) is 4.96. The number of hydrogen-bond donors (Lipinski definition) is 3. The number of carboxylic acid groups (broad SMARTS) is 1. The lowest BCUT2D eigenvalue weighted by molar-refractivity contribution is -0.136. The molecule has 0 spiro atoms. The van der Waals surface area contributed by atoms with Gasteiger partial charge in [-0.15, -0.1) is 11.3 Å². The first-order valence-corrected chi connectivity index (χ1v) is 7.26. The Morgan fingerprint density at radius 1 is 1.47 bits per heavy atom. The molecular weight excluding hydrogens is 264 g/mol. The molecule has 1 heterocycles. The quantitative estimate of drug-likeness (QED) is 0.608. The fraction of sp³-hybridized carbons (Fsp3) is 0.444. The van der Waals surface area contributed by atoms with Crippen molar-refractivity contribution in [1.82, 2.24) is 4.72 Å². The number of carbonyl (C=O) groups is 1. The average molecular weight is 278 g/mol. The SMILES string of the molecule is NCCCNS(=O)(=O)c1ccc(CC(=O)O)s1. The van der Waals surface area contributed by atoms with E-state index in [-0.39, 0.29) is 17.2 Å². The van der Waals surface area contributed by atoms with Crippen molar-refractivity contribution in [2.75, 3.05) is 13.1 Å². The van der Waals surface area contributed by atoms with E-state index in [1.807, 2.05) is 0 Å². The molecule has 0 atom stereocenters. The third-order valence-corrected chi connectivity index (χ3v) is 4.94. The second-order valence-corrected chi connectivity index (χ2v) is 6.49. The number of thiophene rings is 1. The average Bonchev–Trinajstić information content (AvgIpc) is 2.66. The lowest BCUT2D eigenvalue weighted by atomic mass is 10.3. The van der Waals surface area contributed by atoms with E-state index in [4.69, 9.17) is 10.8 Å². The third-order valence-electron chi connectivity index (χ3n) is 1.90. The highest BCUT2D eigenvalue weighted by Gasteiger charge is 2.16. The molecule has 1 aromatic heterocycles. The zero-order chi connectivity index (χ0) is 12.9. The summed E-state index contributed by atoms with van der Waals surface area (Å²) in [6.45, 7) is 0.697. The second-order valence-electron chi connectivity index (χ2n) is 3.33. The van der Waals surface area contributed by atoms with Gasteiger partial charge in [0, 0.05) is 11.4 Å². The van der Waals surface area contributed by atoms with Gasteiger partial charge in [0.25, 0.3) is 0 Å². The zero-order valence-electron chi connectivity index (χ0n) is 9.05. The van der Waals surface area contributed by atoms with Crippen LogP contribution in [0.4, 0.5) is 0 Å². The van der Waals surface area contributed by atoms with Crippen molar-refractivity contribution < 1.29 is 18.3 Å². The Morgan fingerprint density at radius 3 is 2.76 bits per heavy atom. The molecule has 0 fully saturated rings. The van der Waals surface area contributed by atoms with E-state index < -0.39 is 16.0 Å². The maximum absolute atomic E-state index is 11.7. The van der Waals surface area contributed by atoms with Gasteiger partial charge in [0.05, 0.1) is 6.42 Å². The van der Waals surface area contributed by atoms with Crippen LogP contribution in [0.3, 0.4) is 0 Å². The van der Waals surface area contributed by atoms with Crippen LogP contribution >= 0.6 is 11.3 Å². The van der Waals surface area contributed by atoms with E-state index in [0.29, 0.717) is 17.8 Å². The summed E-state index contributed by atoms with van der Waals surface area (Å²) in [6.07, 6.45) is 0.398. The summed E-state index contributed by atoms with van der Waals surface area (Å²) in [5.41, 5.74) is 5.26. The van der Waals surface area contributed by atoms with Gasteiger partial charge in [0.15, 0.2) is 0 Å². The summed E-state index contributed by atoms with van der Waals surface area (Å²) in [4.78, 5) is 11.0. The minimum absolute atomic E-state index is 0.130. The van der Waals surface area contributed by atoms with Crippen molar-refractivity contribution in [1.29, 1.82) is 0 Å². The van der Waals surface area contributed by atoms with Crippen LogP contribution in [0.25, 0.3) is 0 Å². The maximum Gasteiger partial charge on any atom is 0.308 e. The Labute approximate surface area is 104 Å². The first-order chi connectivity index (χ1) is 7.95. The van der Waals surface area contributed by atoms with Crippen molar-refractivity contribution in [3.63, 3.8) is 0 Å². The van der Waals surface area contributed by atoms with Crippen molar-refractivity contribution >= 4 is 27.3 Å². The van der Waals surface area contributed by atoms with Crippen LogP contribution in [0, 0.1) is 0 Å². The number of nitrogens with two attached hydrogens (primary N) is 1. The van der Waals surface area contributed by atoms with Gasteiger partial charge in [-0.05, 0) is 25.1 Å². The van der Waals surface area contributed by atoms with Gasteiger partial charge in [-0.3, -0.25) is 4.79 Å². The molecule has 0 unspecified atom stereocenters. The van der Waals surface area contributed by atoms with Crippen LogP contribution in [0.2, 0.25) is 0 Å². The van der Waals surface area contributed by atoms with Crippen LogP contribution in [0.5, 0.6) is 0 Å². The summed E-state index contributed by atoms with van der Waals surface area (Å²) in [7, 11) is -3.53. The van der Waals surface area contributed by atoms with Gasteiger partial charge in [0.2, 0.25) is 10.0 Å². The lowest BCUT2D eigenvalue weighted by Crippen LogP contribution is -2.25. The fourth-order valence-corrected chi connectivity index (χ4v) is 3.59. The first kappa shape index (κ1) is 14.1. The molecule has 17 heavy (non-hydrogen) atoms. The normalized spacial score (nSPS) is 11.6. The van der Waals surface area contributed by atoms with Gasteiger partial charge in [-0.25, -0.2) is 13.1 Å². The molecule has 4 N–H and O–H groups in total. The minimum Gasteiger partial charge on any atom is -0.481 e. The van der Waals surface area contributed by atoms with Crippen molar-refractivity contribution in [2.45, 2.75) is 17.1 Å². The Balaban J connectivity index is 2.71. The maximum atomic E-state index is 11.7. The smallest absolute Gasteiger partial charge is 0.308 e. The molecule has 0 aliphatic rings. The summed E-state index contributed by atoms with van der Waals surface area (Å²) in [5, 5.41) is 8.58. The van der Waals surface area contributed by atoms with Gasteiger partial charge in [-0.2, -0.15) is 0 Å². The Hall–Kier alpha value is -0.960. The van der Waals surface area contributed by atoms with Gasteiger partial charge >= 0.3 is 5.97 Å². The zero-order valence-corrected chi connectivity index (χ0v) is 10.7. The molecule has 0 radical (unpaired) electrons. The predicted octanol–water partition coefficient (Wildman–Crippen LogP) is 0.00230. The molecule has 0 amide bonds. The second kappa shape index (κ2) is 6.10. The molecule has 0 saturated heterocycles. The van der Waals surface area contributed by atoms with Crippen molar-refractivity contribution in [3.8, 4) is 0 Å². The highest BCUT2D eigenvalue weighted by atomic mass is 32.2. The number of sulfonamides is 1. The minimum atomic E-state index is -3.53. The molecule has 0 bridgehead atoms. The van der Waals surface area contributed by atoms with Crippen LogP contribution in [0.15, 0.2) is 16.3 Å². The van der Waals surface area contributed by atoms with E-state index in [2.05, 4.69) is 4.72 Å². The van der Waals surface area contributed by atoms with Crippen molar-refractivity contribution in [3.05, 3.63) is 17.0 Å². The van der Waals surface area contributed by atoms with E-state index in [0.717, 1.165) is 11.3 Å². The molecule has 0 aliphatic carbocycles. The highest BCUT2D eigenvalue weighted by Crippen LogP contribution is 2.21. The summed E-state index contributed by atoms with van der Waals surface area (Å²) in [5.74, 6) is -0.980. The molecule has 1 aromatic rings. The predicted molar refractivity (Wildman–Crippen MR) is 64.5 cm³/mol. The Bertz CT molecular complexity index is 481. The topological polar surface area (TPSA) is 109 Å². The Morgan fingerprint density at radius 2 is 2.18 bits per heavy atom. The summed E-state index contributed by atoms with van der Waals surface area (Å²) >= 11 is 0.964. The standard InChI is InChI=1S/C9H14N2O4S2/c10-4-1-5-11-17(14,15)9-3-2-7(16-9)6-8(12)13/h2-3,11H,1,4-6,10H2,(H,12,13). The number of rotatable bonds is 7. The van der Waals surface area contributed by atoms with E-state index in [1.54, 1.807) is 0 Å². The molecule has 0 aromatic carbocycles. The summed E-state index contributed by atoms with van der Waals surface area (Å²) < 4.78 is 26.0. The molecule has 0 saturated carbocycles. The number of aliphatic carboxylic acids is 1. The molecule has 0 aliphatic heterocycles.